The second kappa shape index (κ2) is 10.1. The summed E-state index contributed by atoms with van der Waals surface area (Å²) >= 11 is 9.48. The van der Waals surface area contributed by atoms with Crippen LogP contribution in [0.4, 0.5) is 0 Å². The average Bonchev–Trinajstić information content (AvgIpc) is 2.20. The summed E-state index contributed by atoms with van der Waals surface area (Å²) in [6.45, 7) is 5.94. The molecule has 1 aliphatic heterocycles. The molecule has 1 rings (SSSR count). The van der Waals surface area contributed by atoms with Gasteiger partial charge in [-0.1, -0.05) is 6.42 Å². The highest BCUT2D eigenvalue weighted by molar-refractivity contribution is 8.00. The van der Waals surface area contributed by atoms with Crippen LogP contribution < -0.4 is 10.1 Å². The third kappa shape index (κ3) is 9.82. The lowest BCUT2D eigenvalue weighted by Gasteiger charge is -2.29. The summed E-state index contributed by atoms with van der Waals surface area (Å²) in [5.41, 5.74) is 2.96. The molecule has 0 amide bonds. The molecule has 0 aromatic heterocycles. The van der Waals surface area contributed by atoms with Crippen molar-refractivity contribution < 1.29 is 0 Å². The van der Waals surface area contributed by atoms with Crippen molar-refractivity contribution in [2.45, 2.75) is 33.1 Å². The highest BCUT2D eigenvalue weighted by atomic mass is 32.1. The van der Waals surface area contributed by atoms with Crippen LogP contribution in [0.2, 0.25) is 0 Å². The zero-order chi connectivity index (χ0) is 11.5. The maximum Gasteiger partial charge on any atom is 0.265 e. The molecular formula is C10H19N3S2. The number of nitrogens with one attached hydrogen (secondary N) is 1. The molecule has 0 atom stereocenters. The standard InChI is InChI=1S/C6H12N2S2.C4H8N/c9-6(10)7-8-4-2-1-3-5-8;1-3-5-4-2/h1-5H2,(H2,7,9,10);3-4H,1-2H3/q;+1/p-1. The topological polar surface area (TPSA) is 29.4 Å². The van der Waals surface area contributed by atoms with Gasteiger partial charge < -0.3 is 30.3 Å². The van der Waals surface area contributed by atoms with E-state index in [-0.39, 0.29) is 0 Å². The molecule has 0 aromatic carbocycles. The van der Waals surface area contributed by atoms with Crippen molar-refractivity contribution in [3.05, 3.63) is 0 Å². The van der Waals surface area contributed by atoms with Gasteiger partial charge >= 0.3 is 0 Å². The Hall–Kier alpha value is -0.480. The number of piperidine rings is 1. The Morgan fingerprint density at radius 2 is 1.80 bits per heavy atom. The van der Waals surface area contributed by atoms with Crippen LogP contribution in [0.1, 0.15) is 33.1 Å². The van der Waals surface area contributed by atoms with Gasteiger partial charge in [0.05, 0.1) is 0 Å². The molecule has 1 heterocycles. The zero-order valence-corrected chi connectivity index (χ0v) is 11.0. The van der Waals surface area contributed by atoms with Crippen molar-refractivity contribution >= 4 is 41.6 Å². The monoisotopic (exact) mass is 245 g/mol. The van der Waals surface area contributed by atoms with E-state index in [4.69, 9.17) is 24.8 Å². The molecule has 0 unspecified atom stereocenters. The predicted molar refractivity (Wildman–Crippen MR) is 74.1 cm³/mol. The fourth-order valence-electron chi connectivity index (χ4n) is 1.28. The number of thiocarbonyl (C=S) groups is 1. The van der Waals surface area contributed by atoms with Gasteiger partial charge in [0.1, 0.15) is 0 Å². The molecule has 86 valence electrons. The minimum Gasteiger partial charge on any atom is -0.410 e. The lowest BCUT2D eigenvalue weighted by molar-refractivity contribution is 0.197. The maximum atomic E-state index is 4.74. The van der Waals surface area contributed by atoms with Crippen molar-refractivity contribution in [1.82, 2.24) is 15.1 Å². The maximum absolute atomic E-state index is 4.74. The zero-order valence-electron chi connectivity index (χ0n) is 9.40. The van der Waals surface area contributed by atoms with E-state index in [1.807, 2.05) is 13.8 Å². The number of nitrogens with zero attached hydrogens (tertiary/aromatic N) is 2. The Morgan fingerprint density at radius 1 is 1.27 bits per heavy atom. The Bertz CT molecular complexity index is 223. The lowest BCUT2D eigenvalue weighted by atomic mass is 10.2. The number of hydrogen-bond acceptors (Lipinski definition) is 3. The van der Waals surface area contributed by atoms with Crippen LogP contribution in [0.3, 0.4) is 0 Å². The third-order valence-corrected chi connectivity index (χ3v) is 2.09. The van der Waals surface area contributed by atoms with Gasteiger partial charge in [-0.25, -0.2) is 5.01 Å². The Labute approximate surface area is 103 Å². The summed E-state index contributed by atoms with van der Waals surface area (Å²) in [5.74, 6) is 0. The Kier molecular flexibility index (Phi) is 9.73. The van der Waals surface area contributed by atoms with E-state index in [1.54, 1.807) is 12.4 Å². The van der Waals surface area contributed by atoms with E-state index < -0.39 is 0 Å². The van der Waals surface area contributed by atoms with Crippen LogP contribution in [0.15, 0.2) is 0 Å². The smallest absolute Gasteiger partial charge is 0.265 e. The molecule has 1 saturated heterocycles. The molecule has 0 bridgehead atoms. The molecule has 5 heteroatoms. The van der Waals surface area contributed by atoms with Gasteiger partial charge in [0.15, 0.2) is 0 Å². The van der Waals surface area contributed by atoms with Crippen molar-refractivity contribution in [2.75, 3.05) is 13.1 Å². The molecule has 0 spiro atoms. The van der Waals surface area contributed by atoms with Crippen LogP contribution in [-0.4, -0.2) is 34.8 Å². The molecule has 1 aliphatic rings. The highest BCUT2D eigenvalue weighted by Crippen LogP contribution is 2.05. The molecule has 0 saturated carbocycles. The first-order valence-corrected chi connectivity index (χ1v) is 6.00. The van der Waals surface area contributed by atoms with Gasteiger partial charge in [0, 0.05) is 26.9 Å². The van der Waals surface area contributed by atoms with E-state index in [0.717, 1.165) is 13.1 Å². The van der Waals surface area contributed by atoms with Crippen molar-refractivity contribution in [2.24, 2.45) is 0 Å². The second-order valence-electron chi connectivity index (χ2n) is 3.11. The number of hydrogen-bond donors (Lipinski definition) is 1. The van der Waals surface area contributed by atoms with Crippen LogP contribution >= 0.6 is 12.2 Å². The molecule has 0 radical (unpaired) electrons. The molecule has 0 aromatic rings. The van der Waals surface area contributed by atoms with E-state index in [0.29, 0.717) is 4.32 Å². The number of hydrazine groups is 1. The molecule has 1 fully saturated rings. The van der Waals surface area contributed by atoms with Gasteiger partial charge in [-0.2, -0.15) is 0 Å². The van der Waals surface area contributed by atoms with E-state index in [2.05, 4.69) is 15.1 Å². The van der Waals surface area contributed by atoms with E-state index in [1.165, 1.54) is 19.3 Å². The fraction of sp³-hybridized carbons (Fsp3) is 0.700. The largest absolute Gasteiger partial charge is 0.410 e. The van der Waals surface area contributed by atoms with Crippen LogP contribution in [0.5, 0.6) is 0 Å². The lowest BCUT2D eigenvalue weighted by Crippen LogP contribution is -2.43. The van der Waals surface area contributed by atoms with Crippen molar-refractivity contribution in [3.63, 3.8) is 0 Å². The first kappa shape index (κ1) is 14.5. The summed E-state index contributed by atoms with van der Waals surface area (Å²) in [7, 11) is 0. The van der Waals surface area contributed by atoms with Crippen LogP contribution in [0.25, 0.3) is 0 Å². The summed E-state index contributed by atoms with van der Waals surface area (Å²) in [5, 5.41) is 2.10. The molecule has 3 nitrogen and oxygen atoms in total. The summed E-state index contributed by atoms with van der Waals surface area (Å²) in [6, 6.07) is 0. The highest BCUT2D eigenvalue weighted by Gasteiger charge is 2.06. The molecule has 0 aliphatic carbocycles. The average molecular weight is 245 g/mol. The van der Waals surface area contributed by atoms with Crippen molar-refractivity contribution in [3.8, 4) is 0 Å². The normalized spacial score (nSPS) is 15.3. The number of rotatable bonds is 1. The second-order valence-corrected chi connectivity index (χ2v) is 4.19. The van der Waals surface area contributed by atoms with Gasteiger partial charge in [-0.05, 0) is 17.2 Å². The Balaban J connectivity index is 0.000000336. The minimum absolute atomic E-state index is 0.460. The fourth-order valence-corrected chi connectivity index (χ4v) is 1.54. The predicted octanol–water partition coefficient (Wildman–Crippen LogP) is 1.04. The molecule has 15 heavy (non-hydrogen) atoms. The van der Waals surface area contributed by atoms with Gasteiger partial charge in [0.2, 0.25) is 0 Å². The molecule has 1 N–H and O–H groups in total. The first-order valence-electron chi connectivity index (χ1n) is 5.19. The van der Waals surface area contributed by atoms with Crippen LogP contribution in [0, 0.1) is 0 Å². The Morgan fingerprint density at radius 3 is 2.13 bits per heavy atom. The summed E-state index contributed by atoms with van der Waals surface area (Å²) < 4.78 is 4.18. The molecular weight excluding hydrogens is 226 g/mol. The summed E-state index contributed by atoms with van der Waals surface area (Å²) in [6.07, 6.45) is 7.35. The minimum atomic E-state index is 0.460. The van der Waals surface area contributed by atoms with Crippen molar-refractivity contribution in [1.29, 1.82) is 0 Å². The van der Waals surface area contributed by atoms with E-state index >= 15 is 0 Å². The van der Waals surface area contributed by atoms with Crippen LogP contribution in [-0.2, 0) is 12.6 Å². The van der Waals surface area contributed by atoms with Gasteiger partial charge in [-0.3, -0.25) is 0 Å². The van der Waals surface area contributed by atoms with Gasteiger partial charge in [-0.15, -0.1) is 4.67 Å². The summed E-state index contributed by atoms with van der Waals surface area (Å²) in [4.78, 5) is 0. The van der Waals surface area contributed by atoms with Gasteiger partial charge in [0.25, 0.3) is 12.4 Å². The first-order chi connectivity index (χ1) is 7.20. The van der Waals surface area contributed by atoms with E-state index in [9.17, 15) is 0 Å². The quantitative estimate of drug-likeness (QED) is 0.324. The third-order valence-electron chi connectivity index (χ3n) is 1.90. The SMILES string of the molecule is CC=[N+]=CC.S=C([S-])NN1CCCCC1.